The molecule has 3 aliphatic rings. The maximum absolute atomic E-state index is 13.5. The molecule has 0 spiro atoms. The van der Waals surface area contributed by atoms with Gasteiger partial charge in [0, 0.05) is 19.3 Å². The van der Waals surface area contributed by atoms with Crippen LogP contribution in [-0.2, 0) is 33.4 Å². The summed E-state index contributed by atoms with van der Waals surface area (Å²) in [5.41, 5.74) is -1.07. The molecule has 1 saturated heterocycles. The van der Waals surface area contributed by atoms with Crippen LogP contribution in [0.15, 0.2) is 0 Å². The molecular weight excluding hydrogens is 364 g/mol. The van der Waals surface area contributed by atoms with Gasteiger partial charge in [-0.2, -0.15) is 0 Å². The highest BCUT2D eigenvalue weighted by atomic mass is 16.6. The lowest BCUT2D eigenvalue weighted by Crippen LogP contribution is -2.64. The van der Waals surface area contributed by atoms with Gasteiger partial charge in [0.05, 0.1) is 12.5 Å². The number of ether oxygens (including phenoxy) is 3. The number of carbonyl (C=O) groups excluding carboxylic acids is 4. The summed E-state index contributed by atoms with van der Waals surface area (Å²) < 4.78 is 15.8. The molecule has 1 aliphatic heterocycles. The molecule has 0 N–H and O–H groups in total. The summed E-state index contributed by atoms with van der Waals surface area (Å²) in [6.07, 6.45) is 0.254. The number of cyclic esters (lactones) is 1. The Labute approximate surface area is 165 Å². The van der Waals surface area contributed by atoms with Crippen molar-refractivity contribution < 1.29 is 33.4 Å². The predicted molar refractivity (Wildman–Crippen MR) is 97.9 cm³/mol. The van der Waals surface area contributed by atoms with E-state index in [4.69, 9.17) is 14.2 Å². The first-order valence-electron chi connectivity index (χ1n) is 10.1. The molecule has 2 aliphatic carbocycles. The zero-order chi connectivity index (χ0) is 20.9. The van der Waals surface area contributed by atoms with Gasteiger partial charge in [0.25, 0.3) is 0 Å². The van der Waals surface area contributed by atoms with Gasteiger partial charge < -0.3 is 14.2 Å². The van der Waals surface area contributed by atoms with E-state index in [0.717, 1.165) is 6.42 Å². The molecular formula is C21H30O7. The van der Waals surface area contributed by atoms with Crippen molar-refractivity contribution in [3.05, 3.63) is 0 Å². The second-order valence-electron chi connectivity index (χ2n) is 9.05. The second kappa shape index (κ2) is 7.16. The number of rotatable bonds is 3. The summed E-state index contributed by atoms with van der Waals surface area (Å²) in [7, 11) is 0. The van der Waals surface area contributed by atoms with E-state index in [2.05, 4.69) is 13.8 Å². The number of fused-ring (bicyclic) bond motifs is 3. The number of ketones is 1. The van der Waals surface area contributed by atoms with E-state index >= 15 is 0 Å². The molecule has 2 saturated carbocycles. The first kappa shape index (κ1) is 20.8. The zero-order valence-corrected chi connectivity index (χ0v) is 17.3. The Kier molecular flexibility index (Phi) is 5.32. The van der Waals surface area contributed by atoms with E-state index < -0.39 is 47.4 Å². The lowest BCUT2D eigenvalue weighted by atomic mass is 9.43. The van der Waals surface area contributed by atoms with E-state index in [1.54, 1.807) is 6.92 Å². The van der Waals surface area contributed by atoms with E-state index in [9.17, 15) is 19.2 Å². The SMILES string of the molecule is CCOC(=O)[C@@H]1C[C@]2(C)[C@H]3C(=O)[C@@H](OC(C)=O)C[C@@H](C)[C@]3(C)CC[C@H]2C(=O)O1. The van der Waals surface area contributed by atoms with Crippen LogP contribution in [0.4, 0.5) is 0 Å². The first-order chi connectivity index (χ1) is 13.0. The Morgan fingerprint density at radius 3 is 2.50 bits per heavy atom. The van der Waals surface area contributed by atoms with E-state index in [1.165, 1.54) is 6.92 Å². The molecule has 0 aromatic heterocycles. The van der Waals surface area contributed by atoms with E-state index in [1.807, 2.05) is 6.92 Å². The van der Waals surface area contributed by atoms with Gasteiger partial charge in [0.2, 0.25) is 0 Å². The van der Waals surface area contributed by atoms with Gasteiger partial charge in [-0.25, -0.2) is 4.79 Å². The number of Topliss-reactive ketones (excluding diaryl/α,β-unsaturated/α-hetero) is 1. The Balaban J connectivity index is 2.00. The smallest absolute Gasteiger partial charge is 0.347 e. The van der Waals surface area contributed by atoms with Crippen molar-refractivity contribution in [1.29, 1.82) is 0 Å². The van der Waals surface area contributed by atoms with Crippen LogP contribution in [0.1, 0.15) is 60.3 Å². The van der Waals surface area contributed by atoms with Crippen LogP contribution in [-0.4, -0.2) is 42.5 Å². The maximum atomic E-state index is 13.5. The van der Waals surface area contributed by atoms with Crippen molar-refractivity contribution in [2.45, 2.75) is 72.5 Å². The molecule has 7 heteroatoms. The minimum absolute atomic E-state index is 0.135. The van der Waals surface area contributed by atoms with Gasteiger partial charge in [0.15, 0.2) is 18.0 Å². The number of hydrogen-bond donors (Lipinski definition) is 0. The molecule has 3 fully saturated rings. The van der Waals surface area contributed by atoms with Crippen molar-refractivity contribution in [2.75, 3.05) is 6.61 Å². The molecule has 0 unspecified atom stereocenters. The molecule has 3 rings (SSSR count). The molecule has 1 heterocycles. The number of esters is 3. The van der Waals surface area contributed by atoms with Gasteiger partial charge in [0.1, 0.15) is 0 Å². The Bertz CT molecular complexity index is 701. The van der Waals surface area contributed by atoms with Gasteiger partial charge >= 0.3 is 17.9 Å². The summed E-state index contributed by atoms with van der Waals surface area (Å²) in [6.45, 7) is 9.26. The standard InChI is InChI=1S/C21H30O7/c1-6-26-19(25)15-10-21(5)13(18(24)28-15)7-8-20(4)11(2)9-14(27-12(3)22)16(23)17(20)21/h11,13-15,17H,6-10H2,1-5H3/t11-,13+,14+,15+,17+,20+,21+/m1/s1. The van der Waals surface area contributed by atoms with Crippen LogP contribution in [0.5, 0.6) is 0 Å². The number of hydrogen-bond acceptors (Lipinski definition) is 7. The van der Waals surface area contributed by atoms with E-state index in [0.29, 0.717) is 12.8 Å². The van der Waals surface area contributed by atoms with Crippen LogP contribution in [0.3, 0.4) is 0 Å². The zero-order valence-electron chi connectivity index (χ0n) is 17.3. The highest BCUT2D eigenvalue weighted by molar-refractivity contribution is 5.91. The van der Waals surface area contributed by atoms with Crippen LogP contribution in [0, 0.1) is 28.6 Å². The predicted octanol–water partition coefficient (Wildman–Crippen LogP) is 2.44. The summed E-state index contributed by atoms with van der Waals surface area (Å²) in [5.74, 6) is -2.45. The minimum Gasteiger partial charge on any atom is -0.463 e. The van der Waals surface area contributed by atoms with Crippen LogP contribution in [0.25, 0.3) is 0 Å². The third-order valence-corrected chi connectivity index (χ3v) is 7.41. The van der Waals surface area contributed by atoms with Crippen LogP contribution >= 0.6 is 0 Å². The molecule has 0 amide bonds. The van der Waals surface area contributed by atoms with Crippen molar-refractivity contribution in [1.82, 2.24) is 0 Å². The normalized spacial score (nSPS) is 42.7. The third kappa shape index (κ3) is 3.12. The van der Waals surface area contributed by atoms with Gasteiger partial charge in [-0.15, -0.1) is 0 Å². The van der Waals surface area contributed by atoms with Gasteiger partial charge in [-0.1, -0.05) is 20.8 Å². The molecule has 0 aromatic carbocycles. The van der Waals surface area contributed by atoms with E-state index in [-0.39, 0.29) is 30.1 Å². The van der Waals surface area contributed by atoms with Crippen LogP contribution < -0.4 is 0 Å². The van der Waals surface area contributed by atoms with Crippen molar-refractivity contribution in [3.63, 3.8) is 0 Å². The molecule has 0 radical (unpaired) electrons. The molecule has 0 aromatic rings. The fourth-order valence-electron chi connectivity index (χ4n) is 5.94. The highest BCUT2D eigenvalue weighted by Crippen LogP contribution is 2.63. The monoisotopic (exact) mass is 394 g/mol. The lowest BCUT2D eigenvalue weighted by molar-refractivity contribution is -0.211. The Morgan fingerprint density at radius 2 is 1.89 bits per heavy atom. The summed E-state index contributed by atoms with van der Waals surface area (Å²) in [4.78, 5) is 50.0. The Morgan fingerprint density at radius 1 is 1.21 bits per heavy atom. The molecule has 7 nitrogen and oxygen atoms in total. The Hall–Kier alpha value is -1.92. The maximum Gasteiger partial charge on any atom is 0.347 e. The summed E-state index contributed by atoms with van der Waals surface area (Å²) in [5, 5.41) is 0. The molecule has 0 bridgehead atoms. The van der Waals surface area contributed by atoms with Crippen molar-refractivity contribution in [3.8, 4) is 0 Å². The number of carbonyl (C=O) groups is 4. The average Bonchev–Trinajstić information content (AvgIpc) is 2.58. The fraction of sp³-hybridized carbons (Fsp3) is 0.810. The molecule has 156 valence electrons. The minimum atomic E-state index is -1.01. The lowest BCUT2D eigenvalue weighted by Gasteiger charge is -2.61. The van der Waals surface area contributed by atoms with Gasteiger partial charge in [-0.3, -0.25) is 14.4 Å². The summed E-state index contributed by atoms with van der Waals surface area (Å²) in [6, 6.07) is 0. The summed E-state index contributed by atoms with van der Waals surface area (Å²) >= 11 is 0. The second-order valence-corrected chi connectivity index (χ2v) is 9.05. The van der Waals surface area contributed by atoms with Crippen molar-refractivity contribution >= 4 is 23.7 Å². The highest BCUT2D eigenvalue weighted by Gasteiger charge is 2.66. The van der Waals surface area contributed by atoms with Gasteiger partial charge in [-0.05, 0) is 42.9 Å². The fourth-order valence-corrected chi connectivity index (χ4v) is 5.94. The average molecular weight is 394 g/mol. The molecule has 7 atom stereocenters. The topological polar surface area (TPSA) is 96.0 Å². The van der Waals surface area contributed by atoms with Crippen LogP contribution in [0.2, 0.25) is 0 Å². The van der Waals surface area contributed by atoms with Crippen molar-refractivity contribution in [2.24, 2.45) is 28.6 Å². The first-order valence-corrected chi connectivity index (χ1v) is 10.1. The largest absolute Gasteiger partial charge is 0.463 e. The third-order valence-electron chi connectivity index (χ3n) is 7.41. The quantitative estimate of drug-likeness (QED) is 0.536. The molecule has 28 heavy (non-hydrogen) atoms.